The standard InChI is InChI=1S/C16H16BrNO/c1-11(2)10-18(3)16(19)14-5-4-13-9-15(17)7-6-12(13)8-14/h4-9H,1,10H2,2-3H3. The number of nitrogens with zero attached hydrogens (tertiary/aromatic N) is 1. The molecule has 0 aliphatic carbocycles. The lowest BCUT2D eigenvalue weighted by molar-refractivity contribution is 0.0807. The maximum absolute atomic E-state index is 12.3. The number of benzene rings is 2. The Morgan fingerprint density at radius 2 is 1.84 bits per heavy atom. The molecule has 2 aromatic rings. The Labute approximate surface area is 121 Å². The lowest BCUT2D eigenvalue weighted by Crippen LogP contribution is -2.28. The van der Waals surface area contributed by atoms with E-state index in [-0.39, 0.29) is 5.91 Å². The Bertz CT molecular complexity index is 648. The molecule has 19 heavy (non-hydrogen) atoms. The van der Waals surface area contributed by atoms with Crippen LogP contribution in [0.15, 0.2) is 53.0 Å². The van der Waals surface area contributed by atoms with Crippen molar-refractivity contribution in [2.45, 2.75) is 6.92 Å². The number of carbonyl (C=O) groups excluding carboxylic acids is 1. The molecule has 2 nitrogen and oxygen atoms in total. The molecule has 0 aliphatic heterocycles. The number of amides is 1. The maximum Gasteiger partial charge on any atom is 0.253 e. The highest BCUT2D eigenvalue weighted by Crippen LogP contribution is 2.21. The van der Waals surface area contributed by atoms with E-state index < -0.39 is 0 Å². The van der Waals surface area contributed by atoms with Gasteiger partial charge < -0.3 is 4.90 Å². The average molecular weight is 318 g/mol. The zero-order valence-electron chi connectivity index (χ0n) is 11.1. The van der Waals surface area contributed by atoms with Crippen LogP contribution in [0.1, 0.15) is 17.3 Å². The molecular weight excluding hydrogens is 302 g/mol. The minimum absolute atomic E-state index is 0.0211. The van der Waals surface area contributed by atoms with Gasteiger partial charge in [-0.15, -0.1) is 0 Å². The van der Waals surface area contributed by atoms with Crippen molar-refractivity contribution >= 4 is 32.6 Å². The molecule has 0 saturated heterocycles. The highest BCUT2D eigenvalue weighted by molar-refractivity contribution is 9.10. The number of fused-ring (bicyclic) bond motifs is 1. The molecule has 0 N–H and O–H groups in total. The van der Waals surface area contributed by atoms with Crippen LogP contribution in [0.5, 0.6) is 0 Å². The Hall–Kier alpha value is -1.61. The number of hydrogen-bond donors (Lipinski definition) is 0. The van der Waals surface area contributed by atoms with Gasteiger partial charge in [0, 0.05) is 23.6 Å². The Kier molecular flexibility index (Phi) is 4.05. The molecule has 0 aliphatic rings. The van der Waals surface area contributed by atoms with Crippen molar-refractivity contribution in [3.05, 3.63) is 58.6 Å². The molecule has 2 aromatic carbocycles. The van der Waals surface area contributed by atoms with E-state index in [1.807, 2.05) is 43.3 Å². The molecule has 0 atom stereocenters. The van der Waals surface area contributed by atoms with E-state index in [4.69, 9.17) is 0 Å². The summed E-state index contributed by atoms with van der Waals surface area (Å²) in [5.41, 5.74) is 1.68. The van der Waals surface area contributed by atoms with Crippen LogP contribution in [0.3, 0.4) is 0 Å². The van der Waals surface area contributed by atoms with Gasteiger partial charge in [0.2, 0.25) is 0 Å². The van der Waals surface area contributed by atoms with Gasteiger partial charge in [0.05, 0.1) is 0 Å². The zero-order chi connectivity index (χ0) is 14.0. The number of likely N-dealkylation sites (N-methyl/N-ethyl adjacent to an activating group) is 1. The van der Waals surface area contributed by atoms with Crippen LogP contribution in [0.2, 0.25) is 0 Å². The number of rotatable bonds is 3. The predicted octanol–water partition coefficient (Wildman–Crippen LogP) is 4.25. The third kappa shape index (κ3) is 3.24. The van der Waals surface area contributed by atoms with E-state index in [0.717, 1.165) is 20.8 Å². The van der Waals surface area contributed by atoms with Crippen molar-refractivity contribution in [2.24, 2.45) is 0 Å². The van der Waals surface area contributed by atoms with E-state index in [9.17, 15) is 4.79 Å². The van der Waals surface area contributed by atoms with Crippen molar-refractivity contribution < 1.29 is 4.79 Å². The average Bonchev–Trinajstić information content (AvgIpc) is 2.36. The molecular formula is C16H16BrNO. The van der Waals surface area contributed by atoms with E-state index in [2.05, 4.69) is 22.5 Å². The molecule has 0 radical (unpaired) electrons. The minimum atomic E-state index is 0.0211. The second-order valence-electron chi connectivity index (χ2n) is 4.82. The van der Waals surface area contributed by atoms with Gasteiger partial charge in [-0.1, -0.05) is 40.2 Å². The normalized spacial score (nSPS) is 10.5. The smallest absolute Gasteiger partial charge is 0.253 e. The molecule has 0 fully saturated rings. The molecule has 0 saturated carbocycles. The van der Waals surface area contributed by atoms with E-state index in [1.165, 1.54) is 0 Å². The first-order valence-corrected chi connectivity index (χ1v) is 6.86. The Morgan fingerprint density at radius 3 is 2.53 bits per heavy atom. The van der Waals surface area contributed by atoms with E-state index in [1.54, 1.807) is 11.9 Å². The fourth-order valence-electron chi connectivity index (χ4n) is 2.05. The van der Waals surface area contributed by atoms with Crippen molar-refractivity contribution in [3.63, 3.8) is 0 Å². The molecule has 3 heteroatoms. The summed E-state index contributed by atoms with van der Waals surface area (Å²) in [4.78, 5) is 13.9. The topological polar surface area (TPSA) is 20.3 Å². The molecule has 98 valence electrons. The first kappa shape index (κ1) is 13.8. The third-order valence-corrected chi connectivity index (χ3v) is 3.40. The summed E-state index contributed by atoms with van der Waals surface area (Å²) >= 11 is 3.45. The molecule has 0 heterocycles. The Balaban J connectivity index is 2.33. The first-order valence-electron chi connectivity index (χ1n) is 6.06. The van der Waals surface area contributed by atoms with Gasteiger partial charge in [-0.25, -0.2) is 0 Å². The van der Waals surface area contributed by atoms with Gasteiger partial charge in [0.15, 0.2) is 0 Å². The second-order valence-corrected chi connectivity index (χ2v) is 5.74. The van der Waals surface area contributed by atoms with Crippen LogP contribution in [-0.4, -0.2) is 24.4 Å². The zero-order valence-corrected chi connectivity index (χ0v) is 12.7. The first-order chi connectivity index (χ1) is 8.97. The van der Waals surface area contributed by atoms with Gasteiger partial charge in [-0.3, -0.25) is 4.79 Å². The molecule has 0 aromatic heterocycles. The van der Waals surface area contributed by atoms with Crippen LogP contribution in [-0.2, 0) is 0 Å². The second kappa shape index (κ2) is 5.57. The van der Waals surface area contributed by atoms with Crippen molar-refractivity contribution in [2.75, 3.05) is 13.6 Å². The fourth-order valence-corrected chi connectivity index (χ4v) is 2.43. The molecule has 0 spiro atoms. The SMILES string of the molecule is C=C(C)CN(C)C(=O)c1ccc2cc(Br)ccc2c1. The van der Waals surface area contributed by atoms with E-state index in [0.29, 0.717) is 12.1 Å². The number of hydrogen-bond acceptors (Lipinski definition) is 1. The monoisotopic (exact) mass is 317 g/mol. The van der Waals surface area contributed by atoms with Crippen LogP contribution < -0.4 is 0 Å². The molecule has 2 rings (SSSR count). The molecule has 1 amide bonds. The largest absolute Gasteiger partial charge is 0.338 e. The van der Waals surface area contributed by atoms with Crippen molar-refractivity contribution in [1.82, 2.24) is 4.90 Å². The van der Waals surface area contributed by atoms with Gasteiger partial charge in [-0.2, -0.15) is 0 Å². The van der Waals surface area contributed by atoms with Crippen LogP contribution >= 0.6 is 15.9 Å². The van der Waals surface area contributed by atoms with Crippen molar-refractivity contribution in [1.29, 1.82) is 0 Å². The molecule has 0 unspecified atom stereocenters. The summed E-state index contributed by atoms with van der Waals surface area (Å²) in [6.45, 7) is 6.33. The fraction of sp³-hybridized carbons (Fsp3) is 0.188. The lowest BCUT2D eigenvalue weighted by Gasteiger charge is -2.17. The molecule has 0 bridgehead atoms. The number of carbonyl (C=O) groups is 1. The highest BCUT2D eigenvalue weighted by Gasteiger charge is 2.11. The van der Waals surface area contributed by atoms with E-state index >= 15 is 0 Å². The van der Waals surface area contributed by atoms with Crippen LogP contribution in [0, 0.1) is 0 Å². The maximum atomic E-state index is 12.3. The van der Waals surface area contributed by atoms with Gasteiger partial charge in [-0.05, 0) is 42.0 Å². The van der Waals surface area contributed by atoms with Gasteiger partial charge in [0.25, 0.3) is 5.91 Å². The van der Waals surface area contributed by atoms with Gasteiger partial charge >= 0.3 is 0 Å². The third-order valence-electron chi connectivity index (χ3n) is 2.90. The summed E-state index contributed by atoms with van der Waals surface area (Å²) in [5.74, 6) is 0.0211. The summed E-state index contributed by atoms with van der Waals surface area (Å²) < 4.78 is 1.04. The quantitative estimate of drug-likeness (QED) is 0.775. The Morgan fingerprint density at radius 1 is 1.21 bits per heavy atom. The summed E-state index contributed by atoms with van der Waals surface area (Å²) in [6.07, 6.45) is 0. The minimum Gasteiger partial charge on any atom is -0.338 e. The van der Waals surface area contributed by atoms with Crippen LogP contribution in [0.4, 0.5) is 0 Å². The summed E-state index contributed by atoms with van der Waals surface area (Å²) in [5, 5.41) is 2.19. The summed E-state index contributed by atoms with van der Waals surface area (Å²) in [7, 11) is 1.79. The summed E-state index contributed by atoms with van der Waals surface area (Å²) in [6, 6.07) is 11.8. The number of halogens is 1. The predicted molar refractivity (Wildman–Crippen MR) is 83.4 cm³/mol. The van der Waals surface area contributed by atoms with Crippen molar-refractivity contribution in [3.8, 4) is 0 Å². The lowest BCUT2D eigenvalue weighted by atomic mass is 10.1. The highest BCUT2D eigenvalue weighted by atomic mass is 79.9. The van der Waals surface area contributed by atoms with Gasteiger partial charge in [0.1, 0.15) is 0 Å². The van der Waals surface area contributed by atoms with Crippen LogP contribution in [0.25, 0.3) is 10.8 Å².